The molecule has 0 atom stereocenters. The highest BCUT2D eigenvalue weighted by Gasteiger charge is 2.24. The van der Waals surface area contributed by atoms with Crippen LogP contribution in [0.3, 0.4) is 0 Å². The van der Waals surface area contributed by atoms with Crippen molar-refractivity contribution >= 4 is 17.6 Å². The molecule has 1 aliphatic carbocycles. The predicted octanol–water partition coefficient (Wildman–Crippen LogP) is 2.66. The number of nitrogens with zero attached hydrogens (tertiary/aromatic N) is 2. The summed E-state index contributed by atoms with van der Waals surface area (Å²) >= 11 is 1.82. The summed E-state index contributed by atoms with van der Waals surface area (Å²) in [4.78, 5) is 4.78. The Bertz CT molecular complexity index is 439. The molecule has 0 saturated heterocycles. The van der Waals surface area contributed by atoms with Crippen molar-refractivity contribution in [3.63, 3.8) is 0 Å². The number of aromatic nitrogens is 2. The number of rotatable bonds is 5. The average Bonchev–Trinajstić information content (AvgIpc) is 2.98. The third-order valence-electron chi connectivity index (χ3n) is 3.63. The molecule has 0 aliphatic heterocycles. The highest BCUT2D eigenvalue weighted by Crippen LogP contribution is 2.35. The lowest BCUT2D eigenvalue weighted by Gasteiger charge is -2.11. The largest absolute Gasteiger partial charge is 0.384 e. The number of thioether (sulfide) groups is 1. The van der Waals surface area contributed by atoms with Crippen LogP contribution < -0.4 is 5.73 Å². The van der Waals surface area contributed by atoms with Crippen LogP contribution in [-0.2, 0) is 13.0 Å². The Balaban J connectivity index is 2.28. The van der Waals surface area contributed by atoms with Gasteiger partial charge in [-0.25, -0.2) is 4.98 Å². The SMILES string of the molecule is C#CCn1c(C2CCCC2)nc(CCSC)c1N. The van der Waals surface area contributed by atoms with Gasteiger partial charge in [-0.2, -0.15) is 11.8 Å². The fourth-order valence-electron chi connectivity index (χ4n) is 2.67. The van der Waals surface area contributed by atoms with Crippen LogP contribution in [0.2, 0.25) is 0 Å². The molecule has 1 heterocycles. The van der Waals surface area contributed by atoms with E-state index in [4.69, 9.17) is 17.1 Å². The normalized spacial score (nSPS) is 16.0. The first-order valence-electron chi connectivity index (χ1n) is 6.55. The Morgan fingerprint density at radius 2 is 2.22 bits per heavy atom. The van der Waals surface area contributed by atoms with Gasteiger partial charge in [0.25, 0.3) is 0 Å². The minimum absolute atomic E-state index is 0.546. The summed E-state index contributed by atoms with van der Waals surface area (Å²) in [6.07, 6.45) is 13.5. The van der Waals surface area contributed by atoms with E-state index in [0.29, 0.717) is 12.5 Å². The Morgan fingerprint density at radius 1 is 1.50 bits per heavy atom. The first kappa shape index (κ1) is 13.4. The highest BCUT2D eigenvalue weighted by molar-refractivity contribution is 7.98. The fraction of sp³-hybridized carbons (Fsp3) is 0.643. The van der Waals surface area contributed by atoms with Gasteiger partial charge in [-0.05, 0) is 24.9 Å². The predicted molar refractivity (Wildman–Crippen MR) is 78.8 cm³/mol. The van der Waals surface area contributed by atoms with Crippen LogP contribution in [0.5, 0.6) is 0 Å². The molecule has 1 aromatic heterocycles. The zero-order chi connectivity index (χ0) is 13.0. The summed E-state index contributed by atoms with van der Waals surface area (Å²) in [6.45, 7) is 0.546. The quantitative estimate of drug-likeness (QED) is 0.831. The second-order valence-corrected chi connectivity index (χ2v) is 5.80. The Morgan fingerprint density at radius 3 is 2.83 bits per heavy atom. The second kappa shape index (κ2) is 6.19. The number of nitrogen functional groups attached to an aromatic ring is 1. The fourth-order valence-corrected chi connectivity index (χ4v) is 3.07. The van der Waals surface area contributed by atoms with Crippen LogP contribution >= 0.6 is 11.8 Å². The summed E-state index contributed by atoms with van der Waals surface area (Å²) in [7, 11) is 0. The van der Waals surface area contributed by atoms with Gasteiger partial charge < -0.3 is 10.3 Å². The Kier molecular flexibility index (Phi) is 4.60. The molecule has 0 amide bonds. The first-order valence-corrected chi connectivity index (χ1v) is 7.94. The molecule has 0 aromatic carbocycles. The maximum atomic E-state index is 6.19. The zero-order valence-electron chi connectivity index (χ0n) is 11.0. The maximum Gasteiger partial charge on any atom is 0.127 e. The molecular weight excluding hydrogens is 242 g/mol. The van der Waals surface area contributed by atoms with E-state index in [0.717, 1.165) is 29.5 Å². The number of anilines is 1. The van der Waals surface area contributed by atoms with Crippen LogP contribution in [0.1, 0.15) is 43.1 Å². The standard InChI is InChI=1S/C14H21N3S/c1-3-9-17-13(15)12(8-10-18-2)16-14(17)11-6-4-5-7-11/h1,11H,4-10,15H2,2H3. The van der Waals surface area contributed by atoms with Crippen molar-refractivity contribution < 1.29 is 0 Å². The van der Waals surface area contributed by atoms with Gasteiger partial charge in [0.05, 0.1) is 12.2 Å². The number of nitrogens with two attached hydrogens (primary N) is 1. The monoisotopic (exact) mass is 263 g/mol. The average molecular weight is 263 g/mol. The molecule has 0 radical (unpaired) electrons. The zero-order valence-corrected chi connectivity index (χ0v) is 11.8. The lowest BCUT2D eigenvalue weighted by atomic mass is 10.1. The molecule has 1 saturated carbocycles. The van der Waals surface area contributed by atoms with Crippen LogP contribution in [0.4, 0.5) is 5.82 Å². The first-order chi connectivity index (χ1) is 8.77. The van der Waals surface area contributed by atoms with E-state index in [2.05, 4.69) is 12.2 Å². The summed E-state index contributed by atoms with van der Waals surface area (Å²) in [5.74, 6) is 6.22. The number of hydrogen-bond donors (Lipinski definition) is 1. The van der Waals surface area contributed by atoms with E-state index in [9.17, 15) is 0 Å². The van der Waals surface area contributed by atoms with E-state index in [1.807, 2.05) is 16.3 Å². The lowest BCUT2D eigenvalue weighted by molar-refractivity contribution is 0.621. The molecule has 0 spiro atoms. The van der Waals surface area contributed by atoms with Crippen molar-refractivity contribution in [1.82, 2.24) is 9.55 Å². The summed E-state index contributed by atoms with van der Waals surface area (Å²) in [6, 6.07) is 0. The number of terminal acetylenes is 1. The van der Waals surface area contributed by atoms with E-state index < -0.39 is 0 Å². The minimum atomic E-state index is 0.546. The molecule has 1 aliphatic rings. The minimum Gasteiger partial charge on any atom is -0.384 e. The molecule has 1 aromatic rings. The molecule has 1 fully saturated rings. The molecule has 2 rings (SSSR count). The summed E-state index contributed by atoms with van der Waals surface area (Å²) in [5, 5.41) is 0. The molecule has 2 N–H and O–H groups in total. The van der Waals surface area contributed by atoms with Gasteiger partial charge in [0.2, 0.25) is 0 Å². The highest BCUT2D eigenvalue weighted by atomic mass is 32.2. The number of imidazole rings is 1. The van der Waals surface area contributed by atoms with Crippen LogP contribution in [-0.4, -0.2) is 21.6 Å². The summed E-state index contributed by atoms with van der Waals surface area (Å²) < 4.78 is 2.05. The van der Waals surface area contributed by atoms with Gasteiger partial charge in [0, 0.05) is 12.3 Å². The van der Waals surface area contributed by atoms with E-state index in [-0.39, 0.29) is 0 Å². The van der Waals surface area contributed by atoms with Crippen molar-refractivity contribution in [3.8, 4) is 12.3 Å². The van der Waals surface area contributed by atoms with Crippen LogP contribution in [0, 0.1) is 12.3 Å². The molecule has 98 valence electrons. The van der Waals surface area contributed by atoms with E-state index in [1.165, 1.54) is 25.7 Å². The van der Waals surface area contributed by atoms with Crippen molar-refractivity contribution in [1.29, 1.82) is 0 Å². The van der Waals surface area contributed by atoms with E-state index in [1.54, 1.807) is 0 Å². The molecule has 0 bridgehead atoms. The topological polar surface area (TPSA) is 43.8 Å². The van der Waals surface area contributed by atoms with E-state index >= 15 is 0 Å². The van der Waals surface area contributed by atoms with Crippen molar-refractivity contribution in [2.45, 2.75) is 44.6 Å². The van der Waals surface area contributed by atoms with Crippen LogP contribution in [0.25, 0.3) is 0 Å². The van der Waals surface area contributed by atoms with Crippen molar-refractivity contribution in [3.05, 3.63) is 11.5 Å². The van der Waals surface area contributed by atoms with Gasteiger partial charge in [-0.15, -0.1) is 6.42 Å². The summed E-state index contributed by atoms with van der Waals surface area (Å²) in [5.41, 5.74) is 7.22. The Hall–Kier alpha value is -1.08. The molecule has 4 heteroatoms. The molecular formula is C14H21N3S. The second-order valence-electron chi connectivity index (χ2n) is 4.82. The van der Waals surface area contributed by atoms with Gasteiger partial charge in [0.1, 0.15) is 11.6 Å². The van der Waals surface area contributed by atoms with Crippen molar-refractivity contribution in [2.75, 3.05) is 17.7 Å². The maximum absolute atomic E-state index is 6.19. The number of hydrogen-bond acceptors (Lipinski definition) is 3. The van der Waals surface area contributed by atoms with Gasteiger partial charge in [-0.3, -0.25) is 0 Å². The van der Waals surface area contributed by atoms with Gasteiger partial charge >= 0.3 is 0 Å². The molecule has 0 unspecified atom stereocenters. The van der Waals surface area contributed by atoms with Crippen molar-refractivity contribution in [2.24, 2.45) is 0 Å². The lowest BCUT2D eigenvalue weighted by Crippen LogP contribution is -2.09. The smallest absolute Gasteiger partial charge is 0.127 e. The molecule has 3 nitrogen and oxygen atoms in total. The Labute approximate surface area is 114 Å². The molecule has 18 heavy (non-hydrogen) atoms. The number of aryl methyl sites for hydroxylation is 1. The van der Waals surface area contributed by atoms with Gasteiger partial charge in [0.15, 0.2) is 0 Å². The third kappa shape index (κ3) is 2.67. The third-order valence-corrected chi connectivity index (χ3v) is 4.24. The van der Waals surface area contributed by atoms with Gasteiger partial charge in [-0.1, -0.05) is 18.8 Å². The van der Waals surface area contributed by atoms with Crippen LogP contribution in [0.15, 0.2) is 0 Å².